The smallest absolute Gasteiger partial charge is 0.326 e. The second-order valence-corrected chi connectivity index (χ2v) is 4.39. The summed E-state index contributed by atoms with van der Waals surface area (Å²) in [5.74, 6) is -1.00. The molecule has 0 spiro atoms. The number of carbonyl (C=O) groups is 1. The van der Waals surface area contributed by atoms with E-state index in [0.29, 0.717) is 0 Å². The van der Waals surface area contributed by atoms with Crippen molar-refractivity contribution in [2.45, 2.75) is 12.6 Å². The number of halogens is 4. The van der Waals surface area contributed by atoms with E-state index in [0.717, 1.165) is 24.3 Å². The zero-order valence-corrected chi connectivity index (χ0v) is 10.7. The third kappa shape index (κ3) is 4.05. The van der Waals surface area contributed by atoms with Crippen molar-refractivity contribution >= 4 is 11.6 Å². The van der Waals surface area contributed by atoms with E-state index < -0.39 is 23.5 Å². The second-order valence-electron chi connectivity index (χ2n) is 4.39. The first-order chi connectivity index (χ1) is 9.86. The Morgan fingerprint density at radius 2 is 1.62 bits per heavy atom. The molecular formula is C15H11F4NO. The SMILES string of the molecule is O=C(Cc1ccccc1F)Nc1ccc(C(F)(F)F)cc1. The van der Waals surface area contributed by atoms with E-state index in [-0.39, 0.29) is 17.7 Å². The van der Waals surface area contributed by atoms with Crippen molar-refractivity contribution in [2.24, 2.45) is 0 Å². The number of benzene rings is 2. The Morgan fingerprint density at radius 3 is 2.19 bits per heavy atom. The Kier molecular flexibility index (Phi) is 4.26. The zero-order chi connectivity index (χ0) is 15.5. The summed E-state index contributed by atoms with van der Waals surface area (Å²) in [7, 11) is 0. The molecule has 0 aliphatic rings. The Bertz CT molecular complexity index is 635. The summed E-state index contributed by atoms with van der Waals surface area (Å²) in [5.41, 5.74) is -0.346. The first kappa shape index (κ1) is 15.0. The largest absolute Gasteiger partial charge is 0.416 e. The molecule has 1 amide bonds. The van der Waals surface area contributed by atoms with Gasteiger partial charge in [-0.2, -0.15) is 13.2 Å². The van der Waals surface area contributed by atoms with Gasteiger partial charge in [0.2, 0.25) is 5.91 Å². The highest BCUT2D eigenvalue weighted by molar-refractivity contribution is 5.92. The van der Waals surface area contributed by atoms with E-state index in [9.17, 15) is 22.4 Å². The predicted molar refractivity (Wildman–Crippen MR) is 70.2 cm³/mol. The molecular weight excluding hydrogens is 286 g/mol. The Morgan fingerprint density at radius 1 is 1.00 bits per heavy atom. The number of carbonyl (C=O) groups excluding carboxylic acids is 1. The molecule has 6 heteroatoms. The van der Waals surface area contributed by atoms with Crippen LogP contribution in [0.2, 0.25) is 0 Å². The minimum atomic E-state index is -4.42. The molecule has 0 aliphatic heterocycles. The van der Waals surface area contributed by atoms with E-state index in [4.69, 9.17) is 0 Å². The molecule has 0 unspecified atom stereocenters. The quantitative estimate of drug-likeness (QED) is 0.852. The minimum Gasteiger partial charge on any atom is -0.326 e. The van der Waals surface area contributed by atoms with Crippen LogP contribution >= 0.6 is 0 Å². The van der Waals surface area contributed by atoms with Crippen LogP contribution in [0.3, 0.4) is 0 Å². The van der Waals surface area contributed by atoms with Crippen LogP contribution in [-0.4, -0.2) is 5.91 Å². The lowest BCUT2D eigenvalue weighted by Gasteiger charge is -2.09. The number of alkyl halides is 3. The third-order valence-electron chi connectivity index (χ3n) is 2.80. The first-order valence-electron chi connectivity index (χ1n) is 6.07. The maximum atomic E-state index is 13.4. The standard InChI is InChI=1S/C15H11F4NO/c16-13-4-2-1-3-10(13)9-14(21)20-12-7-5-11(6-8-12)15(17,18)19/h1-8H,9H2,(H,20,21). The molecule has 0 saturated heterocycles. The van der Waals surface area contributed by atoms with E-state index in [1.54, 1.807) is 6.07 Å². The highest BCUT2D eigenvalue weighted by atomic mass is 19.4. The van der Waals surface area contributed by atoms with Crippen LogP contribution < -0.4 is 5.32 Å². The Labute approximate surface area is 118 Å². The lowest BCUT2D eigenvalue weighted by molar-refractivity contribution is -0.137. The van der Waals surface area contributed by atoms with Crippen molar-refractivity contribution in [2.75, 3.05) is 5.32 Å². The zero-order valence-electron chi connectivity index (χ0n) is 10.7. The molecule has 2 nitrogen and oxygen atoms in total. The van der Waals surface area contributed by atoms with Gasteiger partial charge >= 0.3 is 6.18 Å². The summed E-state index contributed by atoms with van der Waals surface area (Å²) in [4.78, 5) is 11.7. The number of amides is 1. The van der Waals surface area contributed by atoms with Crippen molar-refractivity contribution in [1.82, 2.24) is 0 Å². The van der Waals surface area contributed by atoms with Gasteiger partial charge in [0.05, 0.1) is 12.0 Å². The van der Waals surface area contributed by atoms with E-state index in [1.807, 2.05) is 0 Å². The van der Waals surface area contributed by atoms with Gasteiger partial charge in [-0.3, -0.25) is 4.79 Å². The fraction of sp³-hybridized carbons (Fsp3) is 0.133. The van der Waals surface area contributed by atoms with E-state index in [1.165, 1.54) is 18.2 Å². The molecule has 0 radical (unpaired) electrons. The average molecular weight is 297 g/mol. The number of nitrogens with one attached hydrogen (secondary N) is 1. The molecule has 0 saturated carbocycles. The molecule has 0 aliphatic carbocycles. The van der Waals surface area contributed by atoms with Crippen LogP contribution in [0, 0.1) is 5.82 Å². The van der Waals surface area contributed by atoms with Gasteiger partial charge in [-0.25, -0.2) is 4.39 Å². The predicted octanol–water partition coefficient (Wildman–Crippen LogP) is 4.03. The fourth-order valence-corrected chi connectivity index (χ4v) is 1.76. The van der Waals surface area contributed by atoms with Crippen LogP contribution in [0.5, 0.6) is 0 Å². The van der Waals surface area contributed by atoms with Gasteiger partial charge in [-0.1, -0.05) is 18.2 Å². The lowest BCUT2D eigenvalue weighted by Crippen LogP contribution is -2.15. The van der Waals surface area contributed by atoms with E-state index >= 15 is 0 Å². The molecule has 0 atom stereocenters. The number of hydrogen-bond acceptors (Lipinski definition) is 1. The maximum absolute atomic E-state index is 13.4. The molecule has 2 aromatic carbocycles. The molecule has 0 heterocycles. The van der Waals surface area contributed by atoms with Crippen molar-refractivity contribution in [3.63, 3.8) is 0 Å². The van der Waals surface area contributed by atoms with Crippen molar-refractivity contribution < 1.29 is 22.4 Å². The number of hydrogen-bond donors (Lipinski definition) is 1. The minimum absolute atomic E-state index is 0.187. The summed E-state index contributed by atoms with van der Waals surface area (Å²) < 4.78 is 50.5. The van der Waals surface area contributed by atoms with Crippen LogP contribution in [0.4, 0.5) is 23.2 Å². The highest BCUT2D eigenvalue weighted by Crippen LogP contribution is 2.29. The lowest BCUT2D eigenvalue weighted by atomic mass is 10.1. The summed E-state index contributed by atoms with van der Waals surface area (Å²) in [6.07, 6.45) is -4.61. The van der Waals surface area contributed by atoms with Crippen molar-refractivity contribution in [1.29, 1.82) is 0 Å². The summed E-state index contributed by atoms with van der Waals surface area (Å²) in [5, 5.41) is 2.42. The molecule has 0 fully saturated rings. The molecule has 1 N–H and O–H groups in total. The summed E-state index contributed by atoms with van der Waals surface area (Å²) in [6.45, 7) is 0. The van der Waals surface area contributed by atoms with E-state index in [2.05, 4.69) is 5.32 Å². The molecule has 2 aromatic rings. The van der Waals surface area contributed by atoms with Crippen LogP contribution in [0.1, 0.15) is 11.1 Å². The maximum Gasteiger partial charge on any atom is 0.416 e. The monoisotopic (exact) mass is 297 g/mol. The molecule has 2 rings (SSSR count). The molecule has 110 valence electrons. The summed E-state index contributed by atoms with van der Waals surface area (Å²) >= 11 is 0. The summed E-state index contributed by atoms with van der Waals surface area (Å²) in [6, 6.07) is 9.88. The average Bonchev–Trinajstić information content (AvgIpc) is 2.41. The normalized spacial score (nSPS) is 11.2. The Hall–Kier alpha value is -2.37. The topological polar surface area (TPSA) is 29.1 Å². The highest BCUT2D eigenvalue weighted by Gasteiger charge is 2.29. The van der Waals surface area contributed by atoms with Gasteiger partial charge in [0, 0.05) is 5.69 Å². The second kappa shape index (κ2) is 5.95. The first-order valence-corrected chi connectivity index (χ1v) is 6.07. The fourth-order valence-electron chi connectivity index (χ4n) is 1.76. The third-order valence-corrected chi connectivity index (χ3v) is 2.80. The van der Waals surface area contributed by atoms with Crippen LogP contribution in [0.15, 0.2) is 48.5 Å². The van der Waals surface area contributed by atoms with Gasteiger partial charge in [0.1, 0.15) is 5.82 Å². The van der Waals surface area contributed by atoms with Crippen molar-refractivity contribution in [3.05, 3.63) is 65.5 Å². The molecule has 21 heavy (non-hydrogen) atoms. The van der Waals surface area contributed by atoms with Gasteiger partial charge in [-0.15, -0.1) is 0 Å². The number of anilines is 1. The number of rotatable bonds is 3. The van der Waals surface area contributed by atoms with Gasteiger partial charge in [0.15, 0.2) is 0 Å². The van der Waals surface area contributed by atoms with Crippen LogP contribution in [-0.2, 0) is 17.4 Å². The van der Waals surface area contributed by atoms with Gasteiger partial charge < -0.3 is 5.32 Å². The van der Waals surface area contributed by atoms with Crippen molar-refractivity contribution in [3.8, 4) is 0 Å². The van der Waals surface area contributed by atoms with Gasteiger partial charge in [-0.05, 0) is 35.9 Å². The van der Waals surface area contributed by atoms with Gasteiger partial charge in [0.25, 0.3) is 0 Å². The van der Waals surface area contributed by atoms with Crippen LogP contribution in [0.25, 0.3) is 0 Å². The Balaban J connectivity index is 2.02. The molecule has 0 bridgehead atoms. The molecule has 0 aromatic heterocycles.